The van der Waals surface area contributed by atoms with Crippen LogP contribution >= 0.6 is 0 Å². The largest absolute Gasteiger partial charge is 0.497 e. The van der Waals surface area contributed by atoms with Crippen LogP contribution in [-0.2, 0) is 29.0 Å². The van der Waals surface area contributed by atoms with E-state index in [2.05, 4.69) is 9.62 Å². The van der Waals surface area contributed by atoms with Crippen molar-refractivity contribution in [3.63, 3.8) is 0 Å². The summed E-state index contributed by atoms with van der Waals surface area (Å²) in [7, 11) is 4.33. The van der Waals surface area contributed by atoms with Gasteiger partial charge in [0.15, 0.2) is 0 Å². The number of nitrogens with one attached hydrogen (secondary N) is 1. The molecule has 262 valence electrons. The van der Waals surface area contributed by atoms with Crippen molar-refractivity contribution in [2.45, 2.75) is 90.6 Å². The molecule has 0 aromatic heterocycles. The fourth-order valence-corrected chi connectivity index (χ4v) is 12.0. The number of para-hydroxylation sites is 1. The monoisotopic (exact) mass is 686 g/mol. The lowest BCUT2D eigenvalue weighted by molar-refractivity contribution is -0.318. The van der Waals surface area contributed by atoms with Crippen LogP contribution in [0.1, 0.15) is 49.4 Å². The van der Waals surface area contributed by atoms with E-state index in [1.54, 1.807) is 51.7 Å². The first-order valence-corrected chi connectivity index (χ1v) is 18.0. The van der Waals surface area contributed by atoms with Gasteiger partial charge in [-0.25, -0.2) is 13.2 Å². The second-order valence-electron chi connectivity index (χ2n) is 14.4. The van der Waals surface area contributed by atoms with Crippen LogP contribution in [-0.4, -0.2) is 112 Å². The summed E-state index contributed by atoms with van der Waals surface area (Å²) in [6.07, 6.45) is 1.02. The van der Waals surface area contributed by atoms with Crippen molar-refractivity contribution in [3.05, 3.63) is 54.1 Å². The van der Waals surface area contributed by atoms with Crippen molar-refractivity contribution < 1.29 is 47.1 Å². The Morgan fingerprint density at radius 1 is 0.958 bits per heavy atom. The SMILES string of the molecule is COc1ccc(S(=O)(=O)Nc2ccccc2C(=O)OC2(C)CC[C@H](OC)C34C2CC(N3C)[C@@]2(O)C[C@H](OC)[C@H]3CC4[C@]2(O)[C@H]3OC)cc1. The Morgan fingerprint density at radius 3 is 2.31 bits per heavy atom. The van der Waals surface area contributed by atoms with E-state index in [4.69, 9.17) is 23.7 Å². The van der Waals surface area contributed by atoms with Crippen LogP contribution in [0.25, 0.3) is 0 Å². The normalized spacial score (nSPS) is 41.5. The minimum atomic E-state index is -4.04. The van der Waals surface area contributed by atoms with Crippen molar-refractivity contribution in [1.29, 1.82) is 0 Å². The predicted octanol–water partition coefficient (Wildman–Crippen LogP) is 2.83. The number of methoxy groups -OCH3 is 4. The zero-order chi connectivity index (χ0) is 34.4. The Balaban J connectivity index is 1.24. The quantitative estimate of drug-likeness (QED) is 0.334. The lowest BCUT2D eigenvalue weighted by Crippen LogP contribution is -2.83. The standard InChI is InChI=1S/C35H46N2O10S/c1-32(47-31(38)22-9-7-8-10-24(22)36-48(41,42)21-13-11-20(43-3)12-14-21)16-15-29(45-5)34-26(32)18-28(37(34)2)33(39)19-25(44-4)23-17-27(34)35(33,40)30(23)46-6/h7-14,23,25-30,36,39-40H,15-19H2,1-6H3/t23-,25+,26?,27?,28?,29+,30+,32?,33+,34?,35+/m1/s1. The Labute approximate surface area is 281 Å². The van der Waals surface area contributed by atoms with Crippen molar-refractivity contribution in [2.75, 3.05) is 40.2 Å². The fraction of sp³-hybridized carbons (Fsp3) is 0.629. The highest BCUT2D eigenvalue weighted by molar-refractivity contribution is 7.92. The van der Waals surface area contributed by atoms with Gasteiger partial charge in [-0.2, -0.15) is 0 Å². The summed E-state index contributed by atoms with van der Waals surface area (Å²) >= 11 is 0. The maximum atomic E-state index is 14.2. The average molecular weight is 687 g/mol. The van der Waals surface area contributed by atoms with Crippen LogP contribution in [0, 0.1) is 17.8 Å². The smallest absolute Gasteiger partial charge is 0.340 e. The minimum absolute atomic E-state index is 0.0147. The molecule has 3 N–H and O–H groups in total. The number of ether oxygens (including phenoxy) is 5. The molecule has 11 atom stereocenters. The number of carbonyl (C=O) groups is 1. The number of nitrogens with zero attached hydrogens (tertiary/aromatic N) is 1. The maximum absolute atomic E-state index is 14.2. The molecule has 2 heterocycles. The molecule has 4 bridgehead atoms. The van der Waals surface area contributed by atoms with E-state index in [1.807, 2.05) is 14.0 Å². The highest BCUT2D eigenvalue weighted by Crippen LogP contribution is 2.72. The van der Waals surface area contributed by atoms with Crippen LogP contribution in [0.3, 0.4) is 0 Å². The van der Waals surface area contributed by atoms with Gasteiger partial charge in [0.05, 0.1) is 47.1 Å². The van der Waals surface area contributed by atoms with E-state index in [-0.39, 0.29) is 46.6 Å². The first-order chi connectivity index (χ1) is 22.8. The summed E-state index contributed by atoms with van der Waals surface area (Å²) in [4.78, 5) is 16.4. The molecule has 2 aromatic rings. The molecule has 3 aliphatic carbocycles. The Hall–Kier alpha value is -2.78. The zero-order valence-corrected chi connectivity index (χ0v) is 29.0. The Kier molecular flexibility index (Phi) is 7.99. The van der Waals surface area contributed by atoms with Crippen LogP contribution in [0.15, 0.2) is 53.4 Å². The van der Waals surface area contributed by atoms with Gasteiger partial charge in [-0.15, -0.1) is 0 Å². The number of sulfonamides is 1. The van der Waals surface area contributed by atoms with Gasteiger partial charge in [0, 0.05) is 51.5 Å². The van der Waals surface area contributed by atoms with E-state index in [9.17, 15) is 23.4 Å². The lowest BCUT2D eigenvalue weighted by atomic mass is 9.53. The summed E-state index contributed by atoms with van der Waals surface area (Å²) in [6.45, 7) is 1.92. The molecule has 5 aliphatic rings. The van der Waals surface area contributed by atoms with Crippen molar-refractivity contribution in [1.82, 2.24) is 4.90 Å². The number of rotatable bonds is 9. The molecule has 13 heteroatoms. The number of hydrogen-bond donors (Lipinski definition) is 3. The number of aliphatic hydroxyl groups is 2. The number of piperidine rings is 1. The van der Waals surface area contributed by atoms with Gasteiger partial charge >= 0.3 is 5.97 Å². The van der Waals surface area contributed by atoms with E-state index in [0.717, 1.165) is 0 Å². The van der Waals surface area contributed by atoms with E-state index in [1.165, 1.54) is 25.3 Å². The van der Waals surface area contributed by atoms with E-state index < -0.39 is 56.4 Å². The topological polar surface area (TPSA) is 153 Å². The number of anilines is 1. The second kappa shape index (κ2) is 11.4. The molecule has 48 heavy (non-hydrogen) atoms. The molecule has 2 saturated heterocycles. The van der Waals surface area contributed by atoms with Crippen molar-refractivity contribution >= 4 is 21.7 Å². The molecule has 1 spiro atoms. The molecule has 12 nitrogen and oxygen atoms in total. The van der Waals surface area contributed by atoms with Gasteiger partial charge in [0.25, 0.3) is 10.0 Å². The van der Waals surface area contributed by atoms with E-state index >= 15 is 0 Å². The van der Waals surface area contributed by atoms with Gasteiger partial charge in [-0.3, -0.25) is 9.62 Å². The lowest BCUT2D eigenvalue weighted by Gasteiger charge is -2.66. The van der Waals surface area contributed by atoms with Crippen LogP contribution in [0.2, 0.25) is 0 Å². The van der Waals surface area contributed by atoms with Gasteiger partial charge in [0.2, 0.25) is 0 Å². The van der Waals surface area contributed by atoms with E-state index in [0.29, 0.717) is 31.4 Å². The third-order valence-electron chi connectivity index (χ3n) is 12.8. The third-order valence-corrected chi connectivity index (χ3v) is 14.2. The van der Waals surface area contributed by atoms with Gasteiger partial charge < -0.3 is 33.9 Å². The number of fused-ring (bicyclic) bond motifs is 3. The highest BCUT2D eigenvalue weighted by atomic mass is 32.2. The number of hydrogen-bond acceptors (Lipinski definition) is 11. The van der Waals surface area contributed by atoms with Crippen molar-refractivity contribution in [3.8, 4) is 5.75 Å². The van der Waals surface area contributed by atoms with Crippen molar-refractivity contribution in [2.24, 2.45) is 17.8 Å². The summed E-state index contributed by atoms with van der Waals surface area (Å²) in [5.74, 6) is -1.09. The number of benzene rings is 2. The summed E-state index contributed by atoms with van der Waals surface area (Å²) < 4.78 is 59.0. The first kappa shape index (κ1) is 33.7. The molecule has 2 aliphatic heterocycles. The predicted molar refractivity (Wildman–Crippen MR) is 174 cm³/mol. The first-order valence-electron chi connectivity index (χ1n) is 16.5. The van der Waals surface area contributed by atoms with Crippen LogP contribution < -0.4 is 9.46 Å². The molecule has 0 radical (unpaired) electrons. The fourth-order valence-electron chi connectivity index (χ4n) is 10.9. The van der Waals surface area contributed by atoms with Gasteiger partial charge in [-0.05, 0) is 76.1 Å². The summed E-state index contributed by atoms with van der Waals surface area (Å²) in [5.41, 5.74) is -4.78. The molecule has 5 unspecified atom stereocenters. The van der Waals surface area contributed by atoms with Crippen LogP contribution in [0.4, 0.5) is 5.69 Å². The van der Waals surface area contributed by atoms with Gasteiger partial charge in [-0.1, -0.05) is 12.1 Å². The number of esters is 1. The van der Waals surface area contributed by atoms with Crippen LogP contribution in [0.5, 0.6) is 5.75 Å². The minimum Gasteiger partial charge on any atom is -0.497 e. The number of carbonyl (C=O) groups excluding carboxylic acids is 1. The average Bonchev–Trinajstić information content (AvgIpc) is 3.52. The second-order valence-corrected chi connectivity index (χ2v) is 16.1. The molecule has 7 rings (SSSR count). The Morgan fingerprint density at radius 2 is 1.67 bits per heavy atom. The van der Waals surface area contributed by atoms with Gasteiger partial charge in [0.1, 0.15) is 22.6 Å². The Bertz CT molecular complexity index is 1690. The molecular weight excluding hydrogens is 640 g/mol. The molecule has 0 amide bonds. The third kappa shape index (κ3) is 4.28. The molecule has 5 fully saturated rings. The molecule has 2 aromatic carbocycles. The molecule has 3 saturated carbocycles. The summed E-state index contributed by atoms with van der Waals surface area (Å²) in [6, 6.07) is 11.8. The molecular formula is C35H46N2O10S. The highest BCUT2D eigenvalue weighted by Gasteiger charge is 2.86. The maximum Gasteiger partial charge on any atom is 0.340 e. The number of likely N-dealkylation sites (N-methyl/N-ethyl adjacent to an activating group) is 1. The summed E-state index contributed by atoms with van der Waals surface area (Å²) in [5, 5.41) is 25.4. The zero-order valence-electron chi connectivity index (χ0n) is 28.2.